The molecule has 9 nitrogen and oxygen atoms in total. The summed E-state index contributed by atoms with van der Waals surface area (Å²) in [4.78, 5) is 22.0. The van der Waals surface area contributed by atoms with E-state index in [0.29, 0.717) is 9.65 Å². The van der Waals surface area contributed by atoms with Crippen LogP contribution in [0.2, 0.25) is 0 Å². The number of benzene rings is 1. The molecule has 1 aromatic heterocycles. The van der Waals surface area contributed by atoms with Gasteiger partial charge in [0.05, 0.1) is 4.90 Å². The molecule has 2 aromatic rings. The molecule has 0 saturated heterocycles. The molecule has 1 aromatic carbocycles. The molecule has 0 unspecified atom stereocenters. The fourth-order valence-electron chi connectivity index (χ4n) is 1.66. The highest BCUT2D eigenvalue weighted by atomic mass is 32.2. The molecule has 0 saturated carbocycles. The van der Waals surface area contributed by atoms with Crippen molar-refractivity contribution in [3.63, 3.8) is 0 Å². The number of carboxylic acid groups (broad SMARTS) is 1. The minimum Gasteiger partial charge on any atom is -0.478 e. The zero-order valence-corrected chi connectivity index (χ0v) is 12.4. The molecule has 0 bridgehead atoms. The Hall–Kier alpha value is -2.98. The van der Waals surface area contributed by atoms with E-state index in [0.717, 1.165) is 12.1 Å². The van der Waals surface area contributed by atoms with E-state index in [1.165, 1.54) is 36.4 Å². The molecule has 1 heterocycles. The van der Waals surface area contributed by atoms with Crippen molar-refractivity contribution in [1.29, 1.82) is 0 Å². The molecule has 10 heteroatoms. The predicted octanol–water partition coefficient (Wildman–Crippen LogP) is -0.136. The number of rotatable bonds is 5. The molecule has 0 aliphatic carbocycles. The maximum Gasteiger partial charge on any atom is 0.328 e. The third-order valence-corrected chi connectivity index (χ3v) is 4.33. The Morgan fingerprint density at radius 3 is 2.43 bits per heavy atom. The standard InChI is InChI=1S/C13H12N4O5S/c14-15-11-6-7-12(18)17(16-11)23(21,22)10-4-1-9(2-5-10)3-8-13(19)20/h1-8H,14H2,(H,15,16)(H,19,20)/b8-3+. The number of anilines is 1. The molecular weight excluding hydrogens is 324 g/mol. The second-order valence-electron chi connectivity index (χ2n) is 4.29. The Morgan fingerprint density at radius 1 is 1.22 bits per heavy atom. The van der Waals surface area contributed by atoms with E-state index in [-0.39, 0.29) is 10.7 Å². The van der Waals surface area contributed by atoms with Crippen LogP contribution in [-0.2, 0) is 14.8 Å². The van der Waals surface area contributed by atoms with Gasteiger partial charge in [-0.3, -0.25) is 4.79 Å². The topological polar surface area (TPSA) is 144 Å². The third-order valence-electron chi connectivity index (χ3n) is 2.74. The lowest BCUT2D eigenvalue weighted by Gasteiger charge is -2.08. The number of hydrogen-bond acceptors (Lipinski definition) is 7. The Balaban J connectivity index is 2.44. The summed E-state index contributed by atoms with van der Waals surface area (Å²) in [7, 11) is -4.19. The highest BCUT2D eigenvalue weighted by Crippen LogP contribution is 2.14. The summed E-state index contributed by atoms with van der Waals surface area (Å²) < 4.78 is 25.2. The van der Waals surface area contributed by atoms with Crippen LogP contribution in [0.3, 0.4) is 0 Å². The number of nitrogens with two attached hydrogens (primary N) is 1. The lowest BCUT2D eigenvalue weighted by molar-refractivity contribution is -0.131. The number of carbonyl (C=O) groups is 1. The van der Waals surface area contributed by atoms with Crippen LogP contribution in [0.25, 0.3) is 6.08 Å². The van der Waals surface area contributed by atoms with Gasteiger partial charge in [0, 0.05) is 12.1 Å². The number of carboxylic acids is 1. The maximum absolute atomic E-state index is 12.4. The van der Waals surface area contributed by atoms with Gasteiger partial charge in [-0.2, -0.15) is 8.42 Å². The molecule has 2 rings (SSSR count). The Bertz CT molecular complexity index is 916. The van der Waals surface area contributed by atoms with Crippen LogP contribution in [0, 0.1) is 0 Å². The minimum absolute atomic E-state index is 0.00851. The van der Waals surface area contributed by atoms with E-state index in [1.807, 2.05) is 0 Å². The van der Waals surface area contributed by atoms with Crippen LogP contribution in [-0.4, -0.2) is 28.7 Å². The number of nitrogen functional groups attached to an aromatic ring is 1. The van der Waals surface area contributed by atoms with Gasteiger partial charge in [-0.1, -0.05) is 12.1 Å². The number of aliphatic carboxylic acids is 1. The number of aromatic nitrogens is 2. The summed E-state index contributed by atoms with van der Waals surface area (Å²) in [5, 5.41) is 12.2. The number of hydrazine groups is 1. The monoisotopic (exact) mass is 336 g/mol. The van der Waals surface area contributed by atoms with Gasteiger partial charge in [-0.05, 0) is 29.8 Å². The lowest BCUT2D eigenvalue weighted by atomic mass is 10.2. The molecule has 0 radical (unpaired) electrons. The summed E-state index contributed by atoms with van der Waals surface area (Å²) in [6.07, 6.45) is 2.23. The summed E-state index contributed by atoms with van der Waals surface area (Å²) in [5.41, 5.74) is 1.81. The normalized spacial score (nSPS) is 11.5. The molecule has 23 heavy (non-hydrogen) atoms. The Morgan fingerprint density at radius 2 is 1.87 bits per heavy atom. The van der Waals surface area contributed by atoms with Crippen molar-refractivity contribution in [1.82, 2.24) is 9.19 Å². The van der Waals surface area contributed by atoms with Gasteiger partial charge in [-0.15, -0.1) is 9.19 Å². The van der Waals surface area contributed by atoms with E-state index in [2.05, 4.69) is 10.5 Å². The molecule has 0 spiro atoms. The van der Waals surface area contributed by atoms with Crippen molar-refractivity contribution < 1.29 is 18.3 Å². The first-order valence-corrected chi connectivity index (χ1v) is 7.62. The van der Waals surface area contributed by atoms with E-state index >= 15 is 0 Å². The van der Waals surface area contributed by atoms with Crippen LogP contribution in [0.15, 0.2) is 52.2 Å². The van der Waals surface area contributed by atoms with Crippen molar-refractivity contribution >= 4 is 27.9 Å². The van der Waals surface area contributed by atoms with Crippen molar-refractivity contribution in [3.8, 4) is 0 Å². The first-order valence-electron chi connectivity index (χ1n) is 6.18. The average molecular weight is 336 g/mol. The smallest absolute Gasteiger partial charge is 0.328 e. The largest absolute Gasteiger partial charge is 0.478 e. The summed E-state index contributed by atoms with van der Waals surface area (Å²) in [6.45, 7) is 0. The van der Waals surface area contributed by atoms with Gasteiger partial charge in [-0.25, -0.2) is 10.6 Å². The second-order valence-corrected chi connectivity index (χ2v) is 6.06. The fourth-order valence-corrected chi connectivity index (χ4v) is 2.83. The Kier molecular flexibility index (Phi) is 4.57. The minimum atomic E-state index is -4.19. The van der Waals surface area contributed by atoms with E-state index in [9.17, 15) is 18.0 Å². The molecule has 4 N–H and O–H groups in total. The number of hydrogen-bond donors (Lipinski definition) is 3. The Labute approximate surface area is 130 Å². The van der Waals surface area contributed by atoms with E-state index in [4.69, 9.17) is 10.9 Å². The summed E-state index contributed by atoms with van der Waals surface area (Å²) >= 11 is 0. The van der Waals surface area contributed by atoms with Crippen molar-refractivity contribution in [2.45, 2.75) is 4.90 Å². The average Bonchev–Trinajstić information content (AvgIpc) is 2.53. The van der Waals surface area contributed by atoms with Gasteiger partial charge < -0.3 is 10.5 Å². The van der Waals surface area contributed by atoms with Crippen LogP contribution in [0.5, 0.6) is 0 Å². The first-order chi connectivity index (χ1) is 10.8. The van der Waals surface area contributed by atoms with Crippen molar-refractivity contribution in [2.75, 3.05) is 5.43 Å². The SMILES string of the molecule is NNc1ccc(=O)n(S(=O)(=O)c2ccc(/C=C/C(=O)O)cc2)n1. The van der Waals surface area contributed by atoms with Gasteiger partial charge in [0.25, 0.3) is 15.6 Å². The van der Waals surface area contributed by atoms with Gasteiger partial charge >= 0.3 is 5.97 Å². The van der Waals surface area contributed by atoms with Crippen LogP contribution in [0.1, 0.15) is 5.56 Å². The van der Waals surface area contributed by atoms with E-state index < -0.39 is 21.6 Å². The third kappa shape index (κ3) is 3.62. The lowest BCUT2D eigenvalue weighted by Crippen LogP contribution is -2.30. The van der Waals surface area contributed by atoms with Crippen molar-refractivity contribution in [2.24, 2.45) is 5.84 Å². The van der Waals surface area contributed by atoms with Gasteiger partial charge in [0.15, 0.2) is 5.82 Å². The highest BCUT2D eigenvalue weighted by molar-refractivity contribution is 7.89. The molecule has 0 amide bonds. The molecule has 0 atom stereocenters. The van der Waals surface area contributed by atoms with Gasteiger partial charge in [0.2, 0.25) is 0 Å². The number of nitrogens with one attached hydrogen (secondary N) is 1. The molecule has 120 valence electrons. The van der Waals surface area contributed by atoms with Gasteiger partial charge in [0.1, 0.15) is 0 Å². The molecule has 0 aliphatic heterocycles. The quantitative estimate of drug-likeness (QED) is 0.389. The van der Waals surface area contributed by atoms with E-state index in [1.54, 1.807) is 0 Å². The number of nitrogens with zero attached hydrogens (tertiary/aromatic N) is 2. The van der Waals surface area contributed by atoms with Crippen LogP contribution < -0.4 is 16.8 Å². The molecule has 0 aliphatic rings. The van der Waals surface area contributed by atoms with Crippen LogP contribution >= 0.6 is 0 Å². The molecule has 0 fully saturated rings. The summed E-state index contributed by atoms with van der Waals surface area (Å²) in [5.74, 6) is 4.04. The maximum atomic E-state index is 12.4. The second kappa shape index (κ2) is 6.42. The highest BCUT2D eigenvalue weighted by Gasteiger charge is 2.20. The first kappa shape index (κ1) is 16.4. The fraction of sp³-hybridized carbons (Fsp3) is 0. The predicted molar refractivity (Wildman–Crippen MR) is 82.0 cm³/mol. The van der Waals surface area contributed by atoms with Crippen molar-refractivity contribution in [3.05, 3.63) is 58.4 Å². The molecular formula is C13H12N4O5S. The zero-order valence-electron chi connectivity index (χ0n) is 11.6. The summed E-state index contributed by atoms with van der Waals surface area (Å²) in [6, 6.07) is 7.56. The zero-order chi connectivity index (χ0) is 17.0. The van der Waals surface area contributed by atoms with Crippen LogP contribution in [0.4, 0.5) is 5.82 Å².